The Hall–Kier alpha value is 1.77. The van der Waals surface area contributed by atoms with Crippen molar-refractivity contribution in [3.8, 4) is 0 Å². The highest BCUT2D eigenvalue weighted by atomic mass is 79.9. The Morgan fingerprint density at radius 3 is 1.91 bits per heavy atom. The van der Waals surface area contributed by atoms with E-state index in [-0.39, 0.29) is 30.3 Å². The third-order valence-corrected chi connectivity index (χ3v) is 16.3. The van der Waals surface area contributed by atoms with Crippen molar-refractivity contribution in [3.05, 3.63) is 58.0 Å². The Labute approximate surface area is 262 Å². The lowest BCUT2D eigenvalue weighted by atomic mass is 9.57. The van der Waals surface area contributed by atoms with Gasteiger partial charge in [0.05, 0.1) is 24.5 Å². The SMILES string of the molecule is O=[N+]([O-])c1cc2c(cc1Br)C1C3C(Cl)=C(Cl)C(Cl)(C1C1C2C2(Cl)C(Cl)=C(Cl)C1(Cl)C2(Cl)Cl)C3(Cl)Cl. The zero-order chi connectivity index (χ0) is 26.0. The van der Waals surface area contributed by atoms with Gasteiger partial charge in [0.1, 0.15) is 14.6 Å². The van der Waals surface area contributed by atoms with Crippen molar-refractivity contribution in [1.82, 2.24) is 0 Å². The van der Waals surface area contributed by atoms with Crippen molar-refractivity contribution in [2.24, 2.45) is 17.8 Å². The van der Waals surface area contributed by atoms with Crippen molar-refractivity contribution in [1.29, 1.82) is 0 Å². The van der Waals surface area contributed by atoms with E-state index in [0.717, 1.165) is 0 Å². The summed E-state index contributed by atoms with van der Waals surface area (Å²) in [5, 5.41) is 12.0. The smallest absolute Gasteiger partial charge is 0.258 e. The minimum Gasteiger partial charge on any atom is -0.258 e. The van der Waals surface area contributed by atoms with Crippen molar-refractivity contribution in [2.45, 2.75) is 35.1 Å². The molecule has 0 amide bonds. The van der Waals surface area contributed by atoms with Gasteiger partial charge in [-0.15, -0.1) is 34.8 Å². The maximum atomic E-state index is 11.8. The van der Waals surface area contributed by atoms with Gasteiger partial charge in [0, 0.05) is 34.8 Å². The average molecular weight is 763 g/mol. The molecule has 2 fully saturated rings. The Morgan fingerprint density at radius 2 is 1.34 bits per heavy atom. The lowest BCUT2D eigenvalue weighted by Crippen LogP contribution is -2.53. The number of nitrogens with zero attached hydrogens (tertiary/aromatic N) is 1. The molecule has 4 bridgehead atoms. The fourth-order valence-corrected chi connectivity index (χ4v) is 13.1. The molecule has 0 spiro atoms. The van der Waals surface area contributed by atoms with E-state index in [1.807, 2.05) is 0 Å². The van der Waals surface area contributed by atoms with Crippen molar-refractivity contribution < 1.29 is 4.92 Å². The predicted octanol–water partition coefficient (Wildman–Crippen LogP) is 10.1. The summed E-state index contributed by atoms with van der Waals surface area (Å²) in [6, 6.07) is 3.01. The summed E-state index contributed by atoms with van der Waals surface area (Å²) in [6.45, 7) is 0. The summed E-state index contributed by atoms with van der Waals surface area (Å²) >= 11 is 79.3. The van der Waals surface area contributed by atoms with Crippen LogP contribution < -0.4 is 0 Å². The first-order chi connectivity index (χ1) is 15.9. The summed E-state index contributed by atoms with van der Waals surface area (Å²) in [5.74, 6) is -3.76. The molecule has 6 rings (SSSR count). The van der Waals surface area contributed by atoms with Crippen LogP contribution in [0.25, 0.3) is 0 Å². The number of hydrogen-bond donors (Lipinski definition) is 0. The average Bonchev–Trinajstić information content (AvgIpc) is 3.14. The lowest BCUT2D eigenvalue weighted by Gasteiger charge is -2.52. The van der Waals surface area contributed by atoms with Gasteiger partial charge in [0.25, 0.3) is 5.69 Å². The molecular formula is C20H7BrCl11NO2. The Morgan fingerprint density at radius 1 is 0.771 bits per heavy atom. The van der Waals surface area contributed by atoms with Gasteiger partial charge in [-0.1, -0.05) is 92.8 Å². The largest absolute Gasteiger partial charge is 0.283 e. The van der Waals surface area contributed by atoms with Gasteiger partial charge in [-0.2, -0.15) is 0 Å². The van der Waals surface area contributed by atoms with E-state index < -0.39 is 57.8 Å². The minimum atomic E-state index is -1.95. The van der Waals surface area contributed by atoms with Crippen LogP contribution in [0.3, 0.4) is 0 Å². The quantitative estimate of drug-likeness (QED) is 0.163. The number of benzene rings is 1. The first-order valence-electron chi connectivity index (χ1n) is 9.87. The van der Waals surface area contributed by atoms with Crippen molar-refractivity contribution in [3.63, 3.8) is 0 Å². The van der Waals surface area contributed by atoms with E-state index in [1.54, 1.807) is 6.07 Å². The molecule has 35 heavy (non-hydrogen) atoms. The number of hydrogen-bond acceptors (Lipinski definition) is 2. The molecule has 15 heteroatoms. The predicted molar refractivity (Wildman–Crippen MR) is 149 cm³/mol. The second kappa shape index (κ2) is 7.53. The van der Waals surface area contributed by atoms with Gasteiger partial charge in [-0.25, -0.2) is 0 Å². The molecule has 0 N–H and O–H groups in total. The number of alkyl halides is 7. The van der Waals surface area contributed by atoms with Gasteiger partial charge in [-0.05, 0) is 39.0 Å². The lowest BCUT2D eigenvalue weighted by molar-refractivity contribution is -0.385. The van der Waals surface area contributed by atoms with Crippen molar-refractivity contribution >= 4 is 149 Å². The molecule has 8 unspecified atom stereocenters. The Bertz CT molecular complexity index is 1350. The van der Waals surface area contributed by atoms with Gasteiger partial charge in [0.15, 0.2) is 8.67 Å². The van der Waals surface area contributed by atoms with Crippen LogP contribution in [-0.2, 0) is 0 Å². The monoisotopic (exact) mass is 757 g/mol. The fraction of sp³-hybridized carbons (Fsp3) is 0.500. The number of allylic oxidation sites excluding steroid dienone is 4. The third kappa shape index (κ3) is 2.54. The minimum absolute atomic E-state index is 0.0418. The maximum Gasteiger partial charge on any atom is 0.283 e. The molecule has 0 heterocycles. The normalized spacial score (nSPS) is 45.7. The first-order valence-corrected chi connectivity index (χ1v) is 14.8. The Kier molecular flexibility index (Phi) is 5.80. The highest BCUT2D eigenvalue weighted by Crippen LogP contribution is 2.87. The van der Waals surface area contributed by atoms with Crippen LogP contribution in [0.1, 0.15) is 23.0 Å². The second-order valence-corrected chi connectivity index (χ2v) is 16.2. The van der Waals surface area contributed by atoms with Gasteiger partial charge in [-0.3, -0.25) is 10.1 Å². The molecule has 0 saturated heterocycles. The van der Waals surface area contributed by atoms with Crippen LogP contribution in [-0.4, -0.2) is 28.2 Å². The van der Waals surface area contributed by atoms with Crippen LogP contribution in [0, 0.1) is 27.9 Å². The molecule has 5 aliphatic carbocycles. The van der Waals surface area contributed by atoms with Crippen LogP contribution in [0.5, 0.6) is 0 Å². The fourth-order valence-electron chi connectivity index (χ4n) is 7.07. The van der Waals surface area contributed by atoms with Gasteiger partial charge < -0.3 is 0 Å². The highest BCUT2D eigenvalue weighted by Gasteiger charge is 2.89. The summed E-state index contributed by atoms with van der Waals surface area (Å²) in [4.78, 5) is 6.20. The summed E-state index contributed by atoms with van der Waals surface area (Å²) < 4.78 is -3.40. The van der Waals surface area contributed by atoms with E-state index in [0.29, 0.717) is 11.1 Å². The molecule has 3 nitrogen and oxygen atoms in total. The zero-order valence-electron chi connectivity index (χ0n) is 16.3. The molecule has 0 aromatic heterocycles. The third-order valence-electron chi connectivity index (χ3n) is 8.31. The molecule has 1 aromatic carbocycles. The molecule has 188 valence electrons. The van der Waals surface area contributed by atoms with Gasteiger partial charge in [0.2, 0.25) is 0 Å². The molecule has 0 radical (unpaired) electrons. The topological polar surface area (TPSA) is 43.1 Å². The molecule has 1 aromatic rings. The van der Waals surface area contributed by atoms with E-state index in [4.69, 9.17) is 128 Å². The number of nitro benzene ring substituents is 1. The summed E-state index contributed by atoms with van der Waals surface area (Å²) in [6.07, 6.45) is 0. The maximum absolute atomic E-state index is 11.8. The highest BCUT2D eigenvalue weighted by molar-refractivity contribution is 9.10. The number of halogens is 12. The van der Waals surface area contributed by atoms with E-state index in [9.17, 15) is 10.1 Å². The number of rotatable bonds is 1. The van der Waals surface area contributed by atoms with Crippen LogP contribution >= 0.6 is 144 Å². The summed E-state index contributed by atoms with van der Waals surface area (Å²) in [7, 11) is 0. The molecule has 2 saturated carbocycles. The van der Waals surface area contributed by atoms with Crippen LogP contribution in [0.15, 0.2) is 36.7 Å². The Balaban J connectivity index is 1.78. The first kappa shape index (κ1) is 27.0. The van der Waals surface area contributed by atoms with E-state index in [2.05, 4.69) is 15.9 Å². The molecule has 0 aliphatic heterocycles. The van der Waals surface area contributed by atoms with Gasteiger partial charge >= 0.3 is 0 Å². The van der Waals surface area contributed by atoms with Crippen molar-refractivity contribution in [2.75, 3.05) is 0 Å². The standard InChI is InChI=1S/C20H7BrCl11NO2/c21-5-1-3-4(2-6(5)33(34)35)8-11(18(28)15(25)14(24)17(8,27)20(18,31)32)9-7(3)10-12(22)13(23)16(9,26)19(10,29)30/h1-2,7-11H. The number of nitro groups is 1. The second-order valence-electron chi connectivity index (χ2n) is 9.34. The van der Waals surface area contributed by atoms with E-state index >= 15 is 0 Å². The van der Waals surface area contributed by atoms with Crippen LogP contribution in [0.4, 0.5) is 5.69 Å². The zero-order valence-corrected chi connectivity index (χ0v) is 26.2. The van der Waals surface area contributed by atoms with Crippen LogP contribution in [0.2, 0.25) is 0 Å². The van der Waals surface area contributed by atoms with E-state index in [1.165, 1.54) is 6.07 Å². The summed E-state index contributed by atoms with van der Waals surface area (Å²) in [5.41, 5.74) is 0.862. The molecule has 5 aliphatic rings. The number of fused-ring (bicyclic) bond motifs is 14. The molecule has 8 atom stereocenters. The molecular weight excluding hydrogens is 756 g/mol.